The van der Waals surface area contributed by atoms with Gasteiger partial charge in [0.15, 0.2) is 9.84 Å². The van der Waals surface area contributed by atoms with Gasteiger partial charge in [0.05, 0.1) is 22.5 Å². The number of halogens is 1. The minimum Gasteiger partial charge on any atom is -0.491 e. The predicted molar refractivity (Wildman–Crippen MR) is 138 cm³/mol. The second-order valence-corrected chi connectivity index (χ2v) is 10.7. The zero-order valence-corrected chi connectivity index (χ0v) is 21.3. The summed E-state index contributed by atoms with van der Waals surface area (Å²) in [4.78, 5) is 23.1. The zero-order chi connectivity index (χ0) is 24.0. The number of aromatic nitrogens is 2. The number of fused-ring (bicyclic) bond motifs is 2. The minimum atomic E-state index is -3.33. The maximum atomic E-state index is 13.4. The summed E-state index contributed by atoms with van der Waals surface area (Å²) in [6.07, 6.45) is 1.16. The topological polar surface area (TPSA) is 92.4 Å². The molecule has 1 aliphatic heterocycles. The summed E-state index contributed by atoms with van der Waals surface area (Å²) >= 11 is 0. The molecule has 7 nitrogen and oxygen atoms in total. The Bertz CT molecular complexity index is 1550. The van der Waals surface area contributed by atoms with Crippen LogP contribution < -0.4 is 4.74 Å². The van der Waals surface area contributed by atoms with Gasteiger partial charge >= 0.3 is 0 Å². The SMILES string of the molecule is Cc1nc2ccc(-c3ccc4c(c3)CN(C(=O)c3ccc(S(C)(=O)=O)cc3C)CCO4)cc2[nH]1.Cl. The highest BCUT2D eigenvalue weighted by Crippen LogP contribution is 2.31. The summed E-state index contributed by atoms with van der Waals surface area (Å²) in [5.74, 6) is 1.49. The summed E-state index contributed by atoms with van der Waals surface area (Å²) in [7, 11) is -3.33. The lowest BCUT2D eigenvalue weighted by molar-refractivity contribution is 0.0732. The van der Waals surface area contributed by atoms with Crippen molar-refractivity contribution in [2.45, 2.75) is 25.3 Å². The normalized spacial score (nSPS) is 13.5. The third kappa shape index (κ3) is 4.90. The molecule has 0 spiro atoms. The molecular weight excluding hydrogens is 486 g/mol. The van der Waals surface area contributed by atoms with Crippen LogP contribution in [0.25, 0.3) is 22.2 Å². The highest BCUT2D eigenvalue weighted by molar-refractivity contribution is 7.90. The van der Waals surface area contributed by atoms with E-state index in [4.69, 9.17) is 4.74 Å². The number of aromatic amines is 1. The fraction of sp³-hybridized carbons (Fsp3) is 0.231. The number of nitrogens with zero attached hydrogens (tertiary/aromatic N) is 2. The molecule has 9 heteroatoms. The first-order valence-corrected chi connectivity index (χ1v) is 12.9. The highest BCUT2D eigenvalue weighted by Gasteiger charge is 2.23. The first-order valence-electron chi connectivity index (χ1n) is 11.0. The number of hydrogen-bond donors (Lipinski definition) is 1. The molecule has 0 unspecified atom stereocenters. The van der Waals surface area contributed by atoms with Gasteiger partial charge in [-0.05, 0) is 73.0 Å². The number of hydrogen-bond acceptors (Lipinski definition) is 5. The molecule has 0 bridgehead atoms. The molecule has 1 aromatic heterocycles. The molecule has 3 aromatic carbocycles. The predicted octanol–water partition coefficient (Wildman–Crippen LogP) is 4.71. The number of rotatable bonds is 3. The molecule has 5 rings (SSSR count). The summed E-state index contributed by atoms with van der Waals surface area (Å²) in [6.45, 7) is 4.92. The van der Waals surface area contributed by atoms with Crippen LogP contribution in [0.15, 0.2) is 59.5 Å². The molecule has 0 fully saturated rings. The van der Waals surface area contributed by atoms with Crippen LogP contribution in [0.4, 0.5) is 0 Å². The lowest BCUT2D eigenvalue weighted by Crippen LogP contribution is -2.33. The molecule has 1 N–H and O–H groups in total. The number of imidazole rings is 1. The number of aryl methyl sites for hydroxylation is 2. The Labute approximate surface area is 210 Å². The Balaban J connectivity index is 0.00000289. The van der Waals surface area contributed by atoms with E-state index >= 15 is 0 Å². The van der Waals surface area contributed by atoms with Crippen molar-refractivity contribution in [3.63, 3.8) is 0 Å². The van der Waals surface area contributed by atoms with Gasteiger partial charge in [-0.1, -0.05) is 12.1 Å². The third-order valence-electron chi connectivity index (χ3n) is 6.12. The van der Waals surface area contributed by atoms with Gasteiger partial charge in [-0.15, -0.1) is 12.4 Å². The lowest BCUT2D eigenvalue weighted by atomic mass is 10.0. The van der Waals surface area contributed by atoms with Crippen LogP contribution in [0.2, 0.25) is 0 Å². The van der Waals surface area contributed by atoms with E-state index in [2.05, 4.69) is 22.1 Å². The van der Waals surface area contributed by atoms with Crippen LogP contribution in [-0.2, 0) is 16.4 Å². The van der Waals surface area contributed by atoms with Crippen LogP contribution in [0.3, 0.4) is 0 Å². The van der Waals surface area contributed by atoms with E-state index in [1.54, 1.807) is 24.0 Å². The number of amides is 1. The van der Waals surface area contributed by atoms with Crippen molar-refractivity contribution in [2.75, 3.05) is 19.4 Å². The third-order valence-corrected chi connectivity index (χ3v) is 7.23. The van der Waals surface area contributed by atoms with Gasteiger partial charge < -0.3 is 14.6 Å². The first-order chi connectivity index (χ1) is 16.2. The van der Waals surface area contributed by atoms with E-state index < -0.39 is 9.84 Å². The molecule has 0 saturated carbocycles. The van der Waals surface area contributed by atoms with E-state index in [9.17, 15) is 13.2 Å². The average Bonchev–Trinajstić information content (AvgIpc) is 3.03. The second kappa shape index (κ2) is 9.36. The molecular formula is C26H26ClN3O4S. The van der Waals surface area contributed by atoms with Crippen molar-refractivity contribution >= 4 is 39.2 Å². The summed E-state index contributed by atoms with van der Waals surface area (Å²) in [5, 5.41) is 0. The van der Waals surface area contributed by atoms with Crippen molar-refractivity contribution in [2.24, 2.45) is 0 Å². The van der Waals surface area contributed by atoms with E-state index in [-0.39, 0.29) is 23.2 Å². The van der Waals surface area contributed by atoms with Crippen molar-refractivity contribution in [1.82, 2.24) is 14.9 Å². The number of ether oxygens (including phenoxy) is 1. The fourth-order valence-corrected chi connectivity index (χ4v) is 5.05. The number of carbonyl (C=O) groups excluding carboxylic acids is 1. The number of H-pyrrole nitrogens is 1. The second-order valence-electron chi connectivity index (χ2n) is 8.70. The van der Waals surface area contributed by atoms with Gasteiger partial charge in [0.1, 0.15) is 18.2 Å². The van der Waals surface area contributed by atoms with Gasteiger partial charge in [-0.3, -0.25) is 4.79 Å². The molecule has 0 radical (unpaired) electrons. The molecule has 1 aliphatic rings. The Hall–Kier alpha value is -3.36. The summed E-state index contributed by atoms with van der Waals surface area (Å²) in [5.41, 5.74) is 6.03. The van der Waals surface area contributed by atoms with Crippen molar-refractivity contribution in [3.8, 4) is 16.9 Å². The summed E-state index contributed by atoms with van der Waals surface area (Å²) < 4.78 is 29.6. The smallest absolute Gasteiger partial charge is 0.254 e. The number of carbonyl (C=O) groups is 1. The van der Waals surface area contributed by atoms with E-state index in [1.807, 2.05) is 31.2 Å². The van der Waals surface area contributed by atoms with Gasteiger partial charge in [-0.25, -0.2) is 13.4 Å². The molecule has 0 atom stereocenters. The van der Waals surface area contributed by atoms with E-state index in [0.29, 0.717) is 30.8 Å². The quantitative estimate of drug-likeness (QED) is 0.430. The van der Waals surface area contributed by atoms with Crippen LogP contribution in [0.5, 0.6) is 5.75 Å². The van der Waals surface area contributed by atoms with Gasteiger partial charge in [-0.2, -0.15) is 0 Å². The zero-order valence-electron chi connectivity index (χ0n) is 19.7. The Morgan fingerprint density at radius 2 is 1.77 bits per heavy atom. The van der Waals surface area contributed by atoms with Crippen LogP contribution in [0.1, 0.15) is 27.3 Å². The molecule has 1 amide bonds. The Kier molecular flexibility index (Phi) is 6.62. The van der Waals surface area contributed by atoms with Gasteiger partial charge in [0.2, 0.25) is 0 Å². The molecule has 2 heterocycles. The fourth-order valence-electron chi connectivity index (χ4n) is 4.34. The van der Waals surface area contributed by atoms with Crippen molar-refractivity contribution < 1.29 is 17.9 Å². The summed E-state index contributed by atoms with van der Waals surface area (Å²) in [6, 6.07) is 16.8. The monoisotopic (exact) mass is 511 g/mol. The lowest BCUT2D eigenvalue weighted by Gasteiger charge is -2.21. The van der Waals surface area contributed by atoms with Crippen LogP contribution >= 0.6 is 12.4 Å². The van der Waals surface area contributed by atoms with Gasteiger partial charge in [0.25, 0.3) is 5.91 Å². The number of benzene rings is 3. The maximum absolute atomic E-state index is 13.4. The number of nitrogens with one attached hydrogen (secondary N) is 1. The van der Waals surface area contributed by atoms with Gasteiger partial charge in [0, 0.05) is 23.9 Å². The van der Waals surface area contributed by atoms with Crippen molar-refractivity contribution in [3.05, 3.63) is 77.1 Å². The molecule has 0 aliphatic carbocycles. The molecule has 0 saturated heterocycles. The molecule has 4 aromatic rings. The minimum absolute atomic E-state index is 0. The average molecular weight is 512 g/mol. The molecule has 35 heavy (non-hydrogen) atoms. The first kappa shape index (κ1) is 24.8. The Morgan fingerprint density at radius 3 is 2.51 bits per heavy atom. The maximum Gasteiger partial charge on any atom is 0.254 e. The van der Waals surface area contributed by atoms with E-state index in [0.717, 1.165) is 45.6 Å². The number of sulfone groups is 1. The van der Waals surface area contributed by atoms with Crippen LogP contribution in [0, 0.1) is 13.8 Å². The highest BCUT2D eigenvalue weighted by atomic mass is 35.5. The van der Waals surface area contributed by atoms with Crippen molar-refractivity contribution in [1.29, 1.82) is 0 Å². The van der Waals surface area contributed by atoms with E-state index in [1.165, 1.54) is 6.07 Å². The largest absolute Gasteiger partial charge is 0.491 e. The standard InChI is InChI=1S/C26H25N3O4S.ClH/c1-16-12-21(34(3,31)32)6-7-22(16)26(30)29-10-11-33-25-9-5-18(13-20(25)15-29)19-4-8-23-24(14-19)28-17(2)27-23;/h4-9,12-14H,10-11,15H2,1-3H3,(H,27,28);1H. The Morgan fingerprint density at radius 1 is 1.03 bits per heavy atom. The van der Waals surface area contributed by atoms with Crippen LogP contribution in [-0.4, -0.2) is 48.6 Å². The molecule has 182 valence electrons.